The van der Waals surface area contributed by atoms with Crippen LogP contribution in [0.4, 0.5) is 11.6 Å². The van der Waals surface area contributed by atoms with E-state index in [1.54, 1.807) is 56.3 Å². The van der Waals surface area contributed by atoms with Crippen LogP contribution in [0.2, 0.25) is 0 Å². The fraction of sp³-hybridized carbons (Fsp3) is 0.190. The van der Waals surface area contributed by atoms with Crippen molar-refractivity contribution in [3.05, 3.63) is 54.5 Å². The van der Waals surface area contributed by atoms with E-state index in [2.05, 4.69) is 25.4 Å². The van der Waals surface area contributed by atoms with Crippen LogP contribution in [0, 0.1) is 0 Å². The van der Waals surface area contributed by atoms with Gasteiger partial charge in [-0.1, -0.05) is 6.07 Å². The third kappa shape index (κ3) is 4.08. The average Bonchev–Trinajstić information content (AvgIpc) is 3.19. The molecule has 4 aromatic rings. The van der Waals surface area contributed by atoms with E-state index in [0.29, 0.717) is 40.3 Å². The number of hydrogen-bond acceptors (Lipinski definition) is 8. The molecule has 4 heterocycles. The number of amides is 1. The van der Waals surface area contributed by atoms with Crippen LogP contribution in [0.15, 0.2) is 48.8 Å². The zero-order chi connectivity index (χ0) is 22.0. The Morgan fingerprint density at radius 1 is 1.06 bits per heavy atom. The SMILES string of the molecule is COc1cc(-c2ccc3nc(Nc4cccc(C(=O)N(C)C)n4)cn3n2)cnc1OC. The molecule has 0 bridgehead atoms. The molecule has 10 nitrogen and oxygen atoms in total. The van der Waals surface area contributed by atoms with Crippen LogP contribution < -0.4 is 14.8 Å². The molecule has 0 fully saturated rings. The maximum Gasteiger partial charge on any atom is 0.272 e. The van der Waals surface area contributed by atoms with Gasteiger partial charge in [-0.3, -0.25) is 4.79 Å². The van der Waals surface area contributed by atoms with Crippen molar-refractivity contribution in [2.24, 2.45) is 0 Å². The van der Waals surface area contributed by atoms with Crippen LogP contribution in [0.1, 0.15) is 10.5 Å². The number of carbonyl (C=O) groups excluding carboxylic acids is 1. The number of fused-ring (bicyclic) bond motifs is 1. The second-order valence-electron chi connectivity index (χ2n) is 6.82. The van der Waals surface area contributed by atoms with Gasteiger partial charge in [0.25, 0.3) is 11.8 Å². The normalized spacial score (nSPS) is 10.7. The summed E-state index contributed by atoms with van der Waals surface area (Å²) in [5.41, 5.74) is 2.47. The Bertz CT molecular complexity index is 1250. The Morgan fingerprint density at radius 2 is 1.90 bits per heavy atom. The summed E-state index contributed by atoms with van der Waals surface area (Å²) in [5.74, 6) is 1.82. The Labute approximate surface area is 178 Å². The third-order valence-electron chi connectivity index (χ3n) is 4.48. The van der Waals surface area contributed by atoms with E-state index in [1.807, 2.05) is 18.2 Å². The molecule has 0 radical (unpaired) electrons. The first-order valence-corrected chi connectivity index (χ1v) is 9.39. The molecule has 0 unspecified atom stereocenters. The number of aromatic nitrogens is 5. The molecule has 0 aliphatic rings. The lowest BCUT2D eigenvalue weighted by Crippen LogP contribution is -2.22. The van der Waals surface area contributed by atoms with E-state index in [4.69, 9.17) is 9.47 Å². The minimum atomic E-state index is -0.173. The van der Waals surface area contributed by atoms with Crippen LogP contribution in [0.5, 0.6) is 11.6 Å². The van der Waals surface area contributed by atoms with Gasteiger partial charge >= 0.3 is 0 Å². The van der Waals surface area contributed by atoms with E-state index < -0.39 is 0 Å². The molecule has 1 N–H and O–H groups in total. The molecule has 4 aromatic heterocycles. The van der Waals surface area contributed by atoms with E-state index in [9.17, 15) is 4.79 Å². The Kier molecular flexibility index (Phi) is 5.35. The minimum absolute atomic E-state index is 0.173. The lowest BCUT2D eigenvalue weighted by Gasteiger charge is -2.10. The lowest BCUT2D eigenvalue weighted by atomic mass is 10.2. The second kappa shape index (κ2) is 8.27. The minimum Gasteiger partial charge on any atom is -0.491 e. The molecule has 0 saturated carbocycles. The smallest absolute Gasteiger partial charge is 0.272 e. The highest BCUT2D eigenvalue weighted by Crippen LogP contribution is 2.29. The van der Waals surface area contributed by atoms with Crippen molar-refractivity contribution in [2.45, 2.75) is 0 Å². The molecule has 4 rings (SSSR count). The Morgan fingerprint density at radius 3 is 2.65 bits per heavy atom. The summed E-state index contributed by atoms with van der Waals surface area (Å²) in [4.78, 5) is 26.7. The second-order valence-corrected chi connectivity index (χ2v) is 6.82. The first kappa shape index (κ1) is 20.1. The summed E-state index contributed by atoms with van der Waals surface area (Å²) in [6.07, 6.45) is 3.41. The highest BCUT2D eigenvalue weighted by atomic mass is 16.5. The van der Waals surface area contributed by atoms with E-state index in [0.717, 1.165) is 5.56 Å². The molecule has 0 spiro atoms. The predicted molar refractivity (Wildman–Crippen MR) is 115 cm³/mol. The molecule has 0 atom stereocenters. The van der Waals surface area contributed by atoms with Gasteiger partial charge in [-0.2, -0.15) is 5.10 Å². The number of hydrogen-bond donors (Lipinski definition) is 1. The van der Waals surface area contributed by atoms with Crippen molar-refractivity contribution in [1.29, 1.82) is 0 Å². The number of imidazole rings is 1. The molecule has 10 heteroatoms. The fourth-order valence-corrected chi connectivity index (χ4v) is 2.95. The van der Waals surface area contributed by atoms with Gasteiger partial charge in [-0.25, -0.2) is 19.5 Å². The number of pyridine rings is 2. The monoisotopic (exact) mass is 419 g/mol. The summed E-state index contributed by atoms with van der Waals surface area (Å²) in [6, 6.07) is 10.7. The summed E-state index contributed by atoms with van der Waals surface area (Å²) in [5, 5.41) is 7.72. The van der Waals surface area contributed by atoms with Gasteiger partial charge in [0.15, 0.2) is 17.2 Å². The number of ether oxygens (including phenoxy) is 2. The first-order chi connectivity index (χ1) is 15.0. The molecular weight excluding hydrogens is 398 g/mol. The number of nitrogens with one attached hydrogen (secondary N) is 1. The van der Waals surface area contributed by atoms with Crippen LogP contribution in [0.25, 0.3) is 16.9 Å². The predicted octanol–water partition coefficient (Wildman–Crippen LogP) is 2.65. The molecule has 0 aliphatic heterocycles. The summed E-state index contributed by atoms with van der Waals surface area (Å²) >= 11 is 0. The Balaban J connectivity index is 1.61. The molecule has 0 aromatic carbocycles. The van der Waals surface area contributed by atoms with E-state index >= 15 is 0 Å². The van der Waals surface area contributed by atoms with E-state index in [-0.39, 0.29) is 5.91 Å². The quantitative estimate of drug-likeness (QED) is 0.508. The summed E-state index contributed by atoms with van der Waals surface area (Å²) in [7, 11) is 6.46. The molecule has 1 amide bonds. The first-order valence-electron chi connectivity index (χ1n) is 9.39. The van der Waals surface area contributed by atoms with Crippen LogP contribution in [0.3, 0.4) is 0 Å². The van der Waals surface area contributed by atoms with Crippen LogP contribution in [-0.4, -0.2) is 63.7 Å². The fourth-order valence-electron chi connectivity index (χ4n) is 2.95. The topological polar surface area (TPSA) is 107 Å². The standard InChI is InChI=1S/C21H21N7O3/c1-27(2)21(29)15-6-5-7-17(23-15)24-18-12-28-19(25-18)9-8-14(26-28)13-10-16(30-3)20(31-4)22-11-13/h5-12H,1-4H3,(H,23,24). The maximum absolute atomic E-state index is 12.1. The van der Waals surface area contributed by atoms with Gasteiger partial charge in [0, 0.05) is 25.9 Å². The van der Waals surface area contributed by atoms with Crippen molar-refractivity contribution < 1.29 is 14.3 Å². The van der Waals surface area contributed by atoms with Crippen molar-refractivity contribution >= 4 is 23.2 Å². The zero-order valence-corrected chi connectivity index (χ0v) is 17.5. The third-order valence-corrected chi connectivity index (χ3v) is 4.48. The van der Waals surface area contributed by atoms with Gasteiger partial charge in [-0.15, -0.1) is 0 Å². The summed E-state index contributed by atoms with van der Waals surface area (Å²) in [6.45, 7) is 0. The summed E-state index contributed by atoms with van der Waals surface area (Å²) < 4.78 is 12.2. The number of anilines is 2. The van der Waals surface area contributed by atoms with E-state index in [1.165, 1.54) is 12.0 Å². The number of carbonyl (C=O) groups is 1. The van der Waals surface area contributed by atoms with Crippen molar-refractivity contribution in [1.82, 2.24) is 29.5 Å². The van der Waals surface area contributed by atoms with Crippen LogP contribution >= 0.6 is 0 Å². The van der Waals surface area contributed by atoms with Gasteiger partial charge in [-0.05, 0) is 30.3 Å². The molecular formula is C21H21N7O3. The van der Waals surface area contributed by atoms with Gasteiger partial charge in [0.1, 0.15) is 11.5 Å². The molecule has 158 valence electrons. The van der Waals surface area contributed by atoms with Crippen molar-refractivity contribution in [3.8, 4) is 22.9 Å². The van der Waals surface area contributed by atoms with Gasteiger partial charge < -0.3 is 19.7 Å². The number of rotatable bonds is 6. The van der Waals surface area contributed by atoms with Crippen molar-refractivity contribution in [2.75, 3.05) is 33.6 Å². The maximum atomic E-state index is 12.1. The lowest BCUT2D eigenvalue weighted by molar-refractivity contribution is 0.0822. The highest BCUT2D eigenvalue weighted by Gasteiger charge is 2.12. The van der Waals surface area contributed by atoms with Gasteiger partial charge in [0.2, 0.25) is 0 Å². The highest BCUT2D eigenvalue weighted by molar-refractivity contribution is 5.92. The number of methoxy groups -OCH3 is 2. The van der Waals surface area contributed by atoms with Crippen molar-refractivity contribution in [3.63, 3.8) is 0 Å². The molecule has 0 aliphatic carbocycles. The average molecular weight is 419 g/mol. The molecule has 0 saturated heterocycles. The number of nitrogens with zero attached hydrogens (tertiary/aromatic N) is 6. The van der Waals surface area contributed by atoms with Gasteiger partial charge in [0.05, 0.1) is 26.1 Å². The largest absolute Gasteiger partial charge is 0.491 e. The van der Waals surface area contributed by atoms with Crippen LogP contribution in [-0.2, 0) is 0 Å². The molecule has 31 heavy (non-hydrogen) atoms. The zero-order valence-electron chi connectivity index (χ0n) is 17.5. The Hall–Kier alpha value is -4.21.